The molecule has 254 valence electrons. The van der Waals surface area contributed by atoms with Crippen LogP contribution < -0.4 is 5.32 Å². The van der Waals surface area contributed by atoms with Gasteiger partial charge in [0, 0.05) is 31.7 Å². The molecule has 0 unspecified atom stereocenters. The van der Waals surface area contributed by atoms with Crippen LogP contribution in [0.4, 0.5) is 0 Å². The van der Waals surface area contributed by atoms with Crippen LogP contribution in [-0.2, 0) is 28.7 Å². The van der Waals surface area contributed by atoms with Crippen molar-refractivity contribution in [2.75, 3.05) is 26.2 Å². The SMILES string of the molecule is C=CCCC(=O)NC[C@@H](C)OC(=O)[C@@H]1[C@@H]2CC[C@]3(O2)[C@H](C(=O)N(CC=C)C(C)(C)CC(C)(C)C)N(CCCCCCO)C(=O)[C@@H]13. The molecule has 0 aromatic carbocycles. The number of nitrogens with one attached hydrogen (secondary N) is 1. The third kappa shape index (κ3) is 8.36. The highest BCUT2D eigenvalue weighted by molar-refractivity contribution is 5.98. The first-order valence-electron chi connectivity index (χ1n) is 16.7. The predicted octanol–water partition coefficient (Wildman–Crippen LogP) is 4.16. The number of carbonyl (C=O) groups excluding carboxylic acids is 4. The predicted molar refractivity (Wildman–Crippen MR) is 173 cm³/mol. The van der Waals surface area contributed by atoms with Crippen LogP contribution in [0.1, 0.15) is 99.3 Å². The number of allylic oxidation sites excluding steroid dienone is 1. The highest BCUT2D eigenvalue weighted by Gasteiger charge is 2.75. The lowest BCUT2D eigenvalue weighted by molar-refractivity contribution is -0.159. The number of amides is 3. The average Bonchev–Trinajstić information content (AvgIpc) is 3.59. The van der Waals surface area contributed by atoms with Crippen molar-refractivity contribution >= 4 is 23.7 Å². The Kier molecular flexibility index (Phi) is 12.4. The summed E-state index contributed by atoms with van der Waals surface area (Å²) in [5.41, 5.74) is -1.71. The van der Waals surface area contributed by atoms with Gasteiger partial charge in [-0.1, -0.05) is 45.8 Å². The van der Waals surface area contributed by atoms with Gasteiger partial charge in [-0.15, -0.1) is 13.2 Å². The summed E-state index contributed by atoms with van der Waals surface area (Å²) in [7, 11) is 0. The number of likely N-dealkylation sites (tertiary alicyclic amines) is 1. The van der Waals surface area contributed by atoms with E-state index < -0.39 is 47.2 Å². The average molecular weight is 632 g/mol. The van der Waals surface area contributed by atoms with Gasteiger partial charge in [0.2, 0.25) is 17.7 Å². The van der Waals surface area contributed by atoms with Crippen molar-refractivity contribution in [3.8, 4) is 0 Å². The van der Waals surface area contributed by atoms with Crippen LogP contribution >= 0.6 is 0 Å². The highest BCUT2D eigenvalue weighted by Crippen LogP contribution is 2.59. The van der Waals surface area contributed by atoms with Gasteiger partial charge >= 0.3 is 5.97 Å². The Labute approximate surface area is 269 Å². The van der Waals surface area contributed by atoms with Gasteiger partial charge in [0.05, 0.1) is 24.5 Å². The van der Waals surface area contributed by atoms with Crippen LogP contribution in [0.25, 0.3) is 0 Å². The summed E-state index contributed by atoms with van der Waals surface area (Å²) in [5.74, 6) is -2.74. The molecule has 2 N–H and O–H groups in total. The van der Waals surface area contributed by atoms with Crippen molar-refractivity contribution in [3.63, 3.8) is 0 Å². The molecule has 3 aliphatic heterocycles. The lowest BCUT2D eigenvalue weighted by Gasteiger charge is -2.45. The molecule has 1 spiro atoms. The molecule has 0 radical (unpaired) electrons. The molecule has 6 atom stereocenters. The molecular weight excluding hydrogens is 574 g/mol. The molecule has 0 saturated carbocycles. The number of carbonyl (C=O) groups is 4. The fraction of sp³-hybridized carbons (Fsp3) is 0.771. The van der Waals surface area contributed by atoms with E-state index >= 15 is 0 Å². The Morgan fingerprint density at radius 2 is 1.84 bits per heavy atom. The van der Waals surface area contributed by atoms with E-state index in [4.69, 9.17) is 9.47 Å². The van der Waals surface area contributed by atoms with Gasteiger partial charge in [-0.3, -0.25) is 19.2 Å². The molecule has 2 bridgehead atoms. The summed E-state index contributed by atoms with van der Waals surface area (Å²) in [6, 6.07) is -0.864. The van der Waals surface area contributed by atoms with Crippen LogP contribution in [0.5, 0.6) is 0 Å². The minimum Gasteiger partial charge on any atom is -0.460 e. The third-order valence-corrected chi connectivity index (χ3v) is 9.36. The molecule has 3 fully saturated rings. The topological polar surface area (TPSA) is 125 Å². The lowest BCUT2D eigenvalue weighted by Crippen LogP contribution is -2.61. The number of aliphatic hydroxyl groups is 1. The molecular formula is C35H57N3O7. The smallest absolute Gasteiger partial charge is 0.312 e. The van der Waals surface area contributed by atoms with Gasteiger partial charge in [-0.05, 0) is 64.7 Å². The summed E-state index contributed by atoms with van der Waals surface area (Å²) in [6.07, 6.45) is 7.92. The van der Waals surface area contributed by atoms with Crippen molar-refractivity contribution < 1.29 is 33.8 Å². The minimum atomic E-state index is -1.12. The fourth-order valence-electron chi connectivity index (χ4n) is 7.89. The number of unbranched alkanes of at least 4 members (excludes halogenated alkanes) is 3. The first-order valence-corrected chi connectivity index (χ1v) is 16.7. The third-order valence-electron chi connectivity index (χ3n) is 9.36. The number of rotatable bonds is 18. The zero-order valence-electron chi connectivity index (χ0n) is 28.4. The fourth-order valence-corrected chi connectivity index (χ4v) is 7.89. The summed E-state index contributed by atoms with van der Waals surface area (Å²) in [6.45, 7) is 20.8. The minimum absolute atomic E-state index is 0.0547. The van der Waals surface area contributed by atoms with Crippen LogP contribution in [-0.4, -0.2) is 94.2 Å². The van der Waals surface area contributed by atoms with E-state index in [1.165, 1.54) is 0 Å². The van der Waals surface area contributed by atoms with Gasteiger partial charge < -0.3 is 29.7 Å². The maximum Gasteiger partial charge on any atom is 0.312 e. The van der Waals surface area contributed by atoms with Crippen molar-refractivity contribution in [1.82, 2.24) is 15.1 Å². The summed E-state index contributed by atoms with van der Waals surface area (Å²) in [5, 5.41) is 12.0. The number of ether oxygens (including phenoxy) is 2. The van der Waals surface area contributed by atoms with E-state index in [1.54, 1.807) is 24.0 Å². The van der Waals surface area contributed by atoms with E-state index in [0.29, 0.717) is 51.6 Å². The van der Waals surface area contributed by atoms with E-state index in [9.17, 15) is 24.3 Å². The Morgan fingerprint density at radius 3 is 2.47 bits per heavy atom. The summed E-state index contributed by atoms with van der Waals surface area (Å²) >= 11 is 0. The second-order valence-electron chi connectivity index (χ2n) is 14.9. The van der Waals surface area contributed by atoms with Crippen molar-refractivity contribution in [2.45, 2.75) is 129 Å². The molecule has 3 aliphatic rings. The first kappa shape index (κ1) is 36.7. The number of hydrogen-bond acceptors (Lipinski definition) is 7. The van der Waals surface area contributed by atoms with Gasteiger partial charge in [-0.25, -0.2) is 0 Å². The zero-order chi connectivity index (χ0) is 33.6. The van der Waals surface area contributed by atoms with Crippen LogP contribution in [0.3, 0.4) is 0 Å². The highest BCUT2D eigenvalue weighted by atomic mass is 16.6. The number of esters is 1. The Balaban J connectivity index is 1.90. The van der Waals surface area contributed by atoms with Crippen molar-refractivity contribution in [1.29, 1.82) is 0 Å². The van der Waals surface area contributed by atoms with E-state index in [0.717, 1.165) is 19.3 Å². The van der Waals surface area contributed by atoms with E-state index in [2.05, 4.69) is 53.1 Å². The maximum atomic E-state index is 14.8. The van der Waals surface area contributed by atoms with E-state index in [1.807, 2.05) is 4.90 Å². The van der Waals surface area contributed by atoms with Crippen molar-refractivity contribution in [2.24, 2.45) is 17.3 Å². The lowest BCUT2D eigenvalue weighted by atomic mass is 9.70. The monoisotopic (exact) mass is 631 g/mol. The number of aliphatic hydroxyl groups excluding tert-OH is 1. The normalized spacial score (nSPS) is 26.4. The molecule has 3 saturated heterocycles. The molecule has 10 heteroatoms. The molecule has 0 aromatic heterocycles. The van der Waals surface area contributed by atoms with Gasteiger partial charge in [-0.2, -0.15) is 0 Å². The second kappa shape index (κ2) is 15.2. The molecule has 3 amide bonds. The van der Waals surface area contributed by atoms with Crippen LogP contribution in [0.15, 0.2) is 25.3 Å². The maximum absolute atomic E-state index is 14.8. The summed E-state index contributed by atoms with van der Waals surface area (Å²) < 4.78 is 12.4. The molecule has 3 rings (SSSR count). The Bertz CT molecular complexity index is 1100. The Hall–Kier alpha value is -2.72. The molecule has 0 aromatic rings. The second-order valence-corrected chi connectivity index (χ2v) is 14.9. The molecule has 10 nitrogen and oxygen atoms in total. The Morgan fingerprint density at radius 1 is 1.16 bits per heavy atom. The largest absolute Gasteiger partial charge is 0.460 e. The van der Waals surface area contributed by atoms with Gasteiger partial charge in [0.15, 0.2) is 0 Å². The van der Waals surface area contributed by atoms with Crippen molar-refractivity contribution in [3.05, 3.63) is 25.3 Å². The van der Waals surface area contributed by atoms with Crippen LogP contribution in [0, 0.1) is 17.3 Å². The quantitative estimate of drug-likeness (QED) is 0.132. The first-order chi connectivity index (χ1) is 21.1. The zero-order valence-corrected chi connectivity index (χ0v) is 28.4. The van der Waals surface area contributed by atoms with Crippen LogP contribution in [0.2, 0.25) is 0 Å². The van der Waals surface area contributed by atoms with Gasteiger partial charge in [0.1, 0.15) is 17.7 Å². The molecule has 3 heterocycles. The van der Waals surface area contributed by atoms with Gasteiger partial charge in [0.25, 0.3) is 0 Å². The number of hydrogen-bond donors (Lipinski definition) is 2. The summed E-state index contributed by atoms with van der Waals surface area (Å²) in [4.78, 5) is 58.3. The molecule has 0 aliphatic carbocycles. The number of nitrogens with zero attached hydrogens (tertiary/aromatic N) is 2. The number of fused-ring (bicyclic) bond motifs is 1. The molecule has 45 heavy (non-hydrogen) atoms. The standard InChI is InChI=1S/C35H57N3O7/c1-9-11-16-26(40)36-22-24(3)44-32(43)27-25-17-18-35(45-25)28(27)30(41)37(20-14-12-13-15-21-39)29(35)31(42)38(19-10-2)34(7,8)23-33(4,5)6/h9-10,24-25,27-29,39H,1-2,11-23H2,3-8H3,(H,36,40)/t24-,25+,27-,28-,29+,35-/m1/s1. The van der Waals surface area contributed by atoms with E-state index in [-0.39, 0.29) is 36.3 Å².